The minimum absolute atomic E-state index is 0.177. The summed E-state index contributed by atoms with van der Waals surface area (Å²) in [5.41, 5.74) is 5.97. The standard InChI is InChI=1S/C25H21NO4/c1-14-9-10-17(25(29)30-4)13-22(14)26-15(2)11-18(16(26)3)12-21-23(27)19-7-5-6-8-20(19)24(21)28/h5-13H,1-4H3. The predicted molar refractivity (Wildman–Crippen MR) is 114 cm³/mol. The normalized spacial score (nSPS) is 12.9. The molecule has 1 aliphatic carbocycles. The molecule has 0 amide bonds. The van der Waals surface area contributed by atoms with Crippen LogP contribution in [-0.4, -0.2) is 29.2 Å². The van der Waals surface area contributed by atoms with Crippen molar-refractivity contribution in [2.24, 2.45) is 0 Å². The molecule has 0 fully saturated rings. The number of methoxy groups -OCH3 is 1. The zero-order valence-electron chi connectivity index (χ0n) is 17.3. The fourth-order valence-corrected chi connectivity index (χ4v) is 3.96. The highest BCUT2D eigenvalue weighted by molar-refractivity contribution is 6.41. The third-order valence-corrected chi connectivity index (χ3v) is 5.55. The number of esters is 1. The van der Waals surface area contributed by atoms with Crippen LogP contribution < -0.4 is 0 Å². The molecule has 1 heterocycles. The molecular weight excluding hydrogens is 378 g/mol. The molecule has 0 radical (unpaired) electrons. The van der Waals surface area contributed by atoms with E-state index >= 15 is 0 Å². The molecule has 0 unspecified atom stereocenters. The molecule has 0 bridgehead atoms. The Morgan fingerprint density at radius 1 is 0.933 bits per heavy atom. The summed E-state index contributed by atoms with van der Waals surface area (Å²) < 4.78 is 6.86. The Labute approximate surface area is 174 Å². The number of carbonyl (C=O) groups excluding carboxylic acids is 3. The zero-order chi connectivity index (χ0) is 21.6. The highest BCUT2D eigenvalue weighted by atomic mass is 16.5. The largest absolute Gasteiger partial charge is 0.465 e. The zero-order valence-corrected chi connectivity index (χ0v) is 17.3. The molecule has 0 saturated heterocycles. The van der Waals surface area contributed by atoms with Crippen LogP contribution in [0.3, 0.4) is 0 Å². The van der Waals surface area contributed by atoms with Gasteiger partial charge in [0.15, 0.2) is 11.6 Å². The van der Waals surface area contributed by atoms with Crippen LogP contribution in [-0.2, 0) is 4.74 Å². The first-order chi connectivity index (χ1) is 14.3. The van der Waals surface area contributed by atoms with Gasteiger partial charge in [0.25, 0.3) is 0 Å². The van der Waals surface area contributed by atoms with Crippen molar-refractivity contribution < 1.29 is 19.1 Å². The van der Waals surface area contributed by atoms with Gasteiger partial charge >= 0.3 is 5.97 Å². The van der Waals surface area contributed by atoms with Crippen molar-refractivity contribution in [3.05, 3.63) is 93.3 Å². The van der Waals surface area contributed by atoms with E-state index in [-0.39, 0.29) is 17.1 Å². The maximum absolute atomic E-state index is 12.7. The second kappa shape index (κ2) is 7.26. The highest BCUT2D eigenvalue weighted by Crippen LogP contribution is 2.30. The number of aryl methyl sites for hydroxylation is 2. The predicted octanol–water partition coefficient (Wildman–Crippen LogP) is 4.65. The van der Waals surface area contributed by atoms with Crippen LogP contribution in [0.1, 0.15) is 53.6 Å². The molecule has 0 spiro atoms. The molecule has 0 atom stereocenters. The number of ketones is 2. The maximum Gasteiger partial charge on any atom is 0.337 e. The van der Waals surface area contributed by atoms with Gasteiger partial charge in [0.05, 0.1) is 18.2 Å². The molecule has 30 heavy (non-hydrogen) atoms. The number of Topliss-reactive ketones (excluding diaryl/α,β-unsaturated/α-hetero) is 2. The van der Waals surface area contributed by atoms with Crippen molar-refractivity contribution in [3.63, 3.8) is 0 Å². The number of carbonyl (C=O) groups is 3. The number of nitrogens with zero attached hydrogens (tertiary/aromatic N) is 1. The van der Waals surface area contributed by atoms with E-state index in [0.717, 1.165) is 28.2 Å². The Kier molecular flexibility index (Phi) is 4.74. The number of hydrogen-bond acceptors (Lipinski definition) is 4. The third-order valence-electron chi connectivity index (χ3n) is 5.55. The van der Waals surface area contributed by atoms with E-state index in [9.17, 15) is 14.4 Å². The van der Waals surface area contributed by atoms with Crippen LogP contribution in [0.2, 0.25) is 0 Å². The molecule has 5 nitrogen and oxygen atoms in total. The number of ether oxygens (including phenoxy) is 1. The lowest BCUT2D eigenvalue weighted by Gasteiger charge is -2.14. The molecule has 0 N–H and O–H groups in total. The Hall–Kier alpha value is -3.73. The lowest BCUT2D eigenvalue weighted by molar-refractivity contribution is 0.0600. The molecule has 1 aliphatic rings. The van der Waals surface area contributed by atoms with Crippen LogP contribution in [0, 0.1) is 20.8 Å². The maximum atomic E-state index is 12.7. The highest BCUT2D eigenvalue weighted by Gasteiger charge is 2.32. The van der Waals surface area contributed by atoms with Crippen LogP contribution in [0.25, 0.3) is 11.8 Å². The first-order valence-corrected chi connectivity index (χ1v) is 9.62. The number of aromatic nitrogens is 1. The Bertz CT molecular complexity index is 1220. The summed E-state index contributed by atoms with van der Waals surface area (Å²) >= 11 is 0. The van der Waals surface area contributed by atoms with Gasteiger partial charge < -0.3 is 9.30 Å². The molecule has 4 rings (SSSR count). The van der Waals surface area contributed by atoms with Crippen LogP contribution in [0.4, 0.5) is 0 Å². The Morgan fingerprint density at radius 3 is 2.17 bits per heavy atom. The van der Waals surface area contributed by atoms with Gasteiger partial charge in [-0.1, -0.05) is 30.3 Å². The quantitative estimate of drug-likeness (QED) is 0.365. The second-order valence-corrected chi connectivity index (χ2v) is 7.42. The summed E-state index contributed by atoms with van der Waals surface area (Å²) in [6, 6.07) is 14.2. The summed E-state index contributed by atoms with van der Waals surface area (Å²) in [6.45, 7) is 5.85. The van der Waals surface area contributed by atoms with E-state index in [1.807, 2.05) is 37.5 Å². The van der Waals surface area contributed by atoms with Gasteiger partial charge in [0.1, 0.15) is 0 Å². The van der Waals surface area contributed by atoms with Gasteiger partial charge in [-0.2, -0.15) is 0 Å². The van der Waals surface area contributed by atoms with Gasteiger partial charge in [-0.15, -0.1) is 0 Å². The average molecular weight is 399 g/mol. The van der Waals surface area contributed by atoms with Crippen molar-refractivity contribution in [2.45, 2.75) is 20.8 Å². The lowest BCUT2D eigenvalue weighted by Crippen LogP contribution is -2.06. The SMILES string of the molecule is COC(=O)c1ccc(C)c(-n2c(C)cc(C=C3C(=O)c4ccccc4C3=O)c2C)c1. The fraction of sp³-hybridized carbons (Fsp3) is 0.160. The van der Waals surface area contributed by atoms with E-state index in [0.29, 0.717) is 16.7 Å². The Balaban J connectivity index is 1.82. The van der Waals surface area contributed by atoms with Gasteiger partial charge in [-0.05, 0) is 56.2 Å². The number of hydrogen-bond donors (Lipinski definition) is 0. The summed E-state index contributed by atoms with van der Waals surface area (Å²) in [4.78, 5) is 37.5. The number of allylic oxidation sites excluding steroid dienone is 1. The first kappa shape index (κ1) is 19.6. The molecule has 3 aromatic rings. The molecule has 5 heteroatoms. The minimum atomic E-state index is -0.402. The molecular formula is C25H21NO4. The second-order valence-electron chi connectivity index (χ2n) is 7.42. The van der Waals surface area contributed by atoms with Gasteiger partial charge in [0, 0.05) is 28.2 Å². The summed E-state index contributed by atoms with van der Waals surface area (Å²) in [7, 11) is 1.35. The van der Waals surface area contributed by atoms with Crippen molar-refractivity contribution in [1.29, 1.82) is 0 Å². The Morgan fingerprint density at radius 2 is 1.57 bits per heavy atom. The van der Waals surface area contributed by atoms with E-state index in [1.54, 1.807) is 42.5 Å². The molecule has 0 aliphatic heterocycles. The summed E-state index contributed by atoms with van der Waals surface area (Å²) in [5, 5.41) is 0. The van der Waals surface area contributed by atoms with Crippen molar-refractivity contribution >= 4 is 23.6 Å². The van der Waals surface area contributed by atoms with E-state index in [2.05, 4.69) is 0 Å². The fourth-order valence-electron chi connectivity index (χ4n) is 3.96. The van der Waals surface area contributed by atoms with Gasteiger partial charge in [0.2, 0.25) is 0 Å². The van der Waals surface area contributed by atoms with Crippen molar-refractivity contribution in [2.75, 3.05) is 7.11 Å². The summed E-state index contributed by atoms with van der Waals surface area (Å²) in [6.07, 6.45) is 1.67. The third kappa shape index (κ3) is 2.99. The van der Waals surface area contributed by atoms with E-state index in [1.165, 1.54) is 7.11 Å². The van der Waals surface area contributed by atoms with E-state index < -0.39 is 5.97 Å². The van der Waals surface area contributed by atoms with Crippen molar-refractivity contribution in [3.8, 4) is 5.69 Å². The van der Waals surface area contributed by atoms with Crippen LogP contribution >= 0.6 is 0 Å². The van der Waals surface area contributed by atoms with E-state index in [4.69, 9.17) is 4.74 Å². The molecule has 2 aromatic carbocycles. The smallest absolute Gasteiger partial charge is 0.337 e. The number of benzene rings is 2. The molecule has 150 valence electrons. The van der Waals surface area contributed by atoms with Gasteiger partial charge in [-0.25, -0.2) is 4.79 Å². The molecule has 0 saturated carbocycles. The lowest BCUT2D eigenvalue weighted by atomic mass is 10.1. The topological polar surface area (TPSA) is 65.4 Å². The van der Waals surface area contributed by atoms with Crippen molar-refractivity contribution in [1.82, 2.24) is 4.57 Å². The average Bonchev–Trinajstić information content (AvgIpc) is 3.16. The monoisotopic (exact) mass is 399 g/mol. The number of fused-ring (bicyclic) bond motifs is 1. The van der Waals surface area contributed by atoms with Crippen LogP contribution in [0.15, 0.2) is 54.1 Å². The molecule has 1 aromatic heterocycles. The number of rotatable bonds is 3. The van der Waals surface area contributed by atoms with Crippen LogP contribution in [0.5, 0.6) is 0 Å². The minimum Gasteiger partial charge on any atom is -0.465 e. The summed E-state index contributed by atoms with van der Waals surface area (Å²) in [5.74, 6) is -0.894. The first-order valence-electron chi connectivity index (χ1n) is 9.62. The van der Waals surface area contributed by atoms with Gasteiger partial charge in [-0.3, -0.25) is 9.59 Å².